The molecule has 0 atom stereocenters. The number of anilines is 1. The Morgan fingerprint density at radius 3 is 2.68 bits per heavy atom. The molecule has 0 unspecified atom stereocenters. The van der Waals surface area contributed by atoms with Crippen molar-refractivity contribution in [3.05, 3.63) is 75.8 Å². The predicted molar refractivity (Wildman–Crippen MR) is 108 cm³/mol. The summed E-state index contributed by atoms with van der Waals surface area (Å²) in [5.74, 6) is -0.524. The third-order valence-electron chi connectivity index (χ3n) is 4.12. The summed E-state index contributed by atoms with van der Waals surface area (Å²) in [6, 6.07) is 16.1. The number of hydrogen-bond acceptors (Lipinski definition) is 6. The fraction of sp³-hybridized carbons (Fsp3) is 0.100. The van der Waals surface area contributed by atoms with E-state index in [9.17, 15) is 20.0 Å². The topological polar surface area (TPSA) is 117 Å². The molecule has 0 saturated heterocycles. The lowest BCUT2D eigenvalue weighted by molar-refractivity contribution is -0.384. The smallest absolute Gasteiger partial charge is 0.270 e. The van der Waals surface area contributed by atoms with Crippen LogP contribution in [0.15, 0.2) is 59.7 Å². The van der Waals surface area contributed by atoms with Crippen molar-refractivity contribution in [1.29, 1.82) is 0 Å². The predicted octanol–water partition coefficient (Wildman–Crippen LogP) is 3.32. The molecule has 0 bridgehead atoms. The summed E-state index contributed by atoms with van der Waals surface area (Å²) < 4.78 is 0. The number of nitrogens with zero attached hydrogens (tertiary/aromatic N) is 2. The molecule has 0 heterocycles. The Morgan fingerprint density at radius 2 is 1.93 bits per heavy atom. The lowest BCUT2D eigenvalue weighted by Gasteiger charge is -2.07. The van der Waals surface area contributed by atoms with Crippen molar-refractivity contribution < 1.29 is 14.8 Å². The second-order valence-corrected chi connectivity index (χ2v) is 6.17. The molecule has 8 heteroatoms. The molecule has 0 fully saturated rings. The number of benzene rings is 3. The van der Waals surface area contributed by atoms with E-state index in [0.717, 1.165) is 16.5 Å². The molecule has 0 saturated carbocycles. The number of phenolic OH excluding ortho intramolecular Hbond substituents is 1. The number of amides is 1. The third kappa shape index (κ3) is 4.42. The number of nitro groups is 1. The maximum Gasteiger partial charge on any atom is 0.270 e. The van der Waals surface area contributed by atoms with Crippen LogP contribution in [-0.2, 0) is 4.79 Å². The molecule has 8 nitrogen and oxygen atoms in total. The van der Waals surface area contributed by atoms with Gasteiger partial charge in [-0.3, -0.25) is 14.9 Å². The summed E-state index contributed by atoms with van der Waals surface area (Å²) in [4.78, 5) is 22.3. The number of fused-ring (bicyclic) bond motifs is 1. The zero-order valence-corrected chi connectivity index (χ0v) is 15.0. The Labute approximate surface area is 160 Å². The molecule has 3 aromatic rings. The van der Waals surface area contributed by atoms with E-state index >= 15 is 0 Å². The van der Waals surface area contributed by atoms with Gasteiger partial charge in [0.15, 0.2) is 0 Å². The third-order valence-corrected chi connectivity index (χ3v) is 4.12. The maximum atomic E-state index is 11.9. The molecular weight excluding hydrogens is 360 g/mol. The molecule has 0 aliphatic carbocycles. The first-order valence-corrected chi connectivity index (χ1v) is 8.46. The van der Waals surface area contributed by atoms with E-state index in [1.807, 2.05) is 42.5 Å². The van der Waals surface area contributed by atoms with Gasteiger partial charge in [-0.25, -0.2) is 5.43 Å². The molecule has 1 amide bonds. The van der Waals surface area contributed by atoms with Crippen LogP contribution in [0.25, 0.3) is 10.8 Å². The Bertz CT molecular complexity index is 1080. The van der Waals surface area contributed by atoms with Gasteiger partial charge in [0.2, 0.25) is 0 Å². The highest BCUT2D eigenvalue weighted by molar-refractivity contribution is 5.89. The first-order chi connectivity index (χ1) is 13.4. The van der Waals surface area contributed by atoms with E-state index in [0.29, 0.717) is 5.56 Å². The summed E-state index contributed by atoms with van der Waals surface area (Å²) in [5.41, 5.74) is 3.45. The number of aryl methyl sites for hydroxylation is 1. The molecule has 28 heavy (non-hydrogen) atoms. The molecule has 3 rings (SSSR count). The first kappa shape index (κ1) is 18.8. The Kier molecular flexibility index (Phi) is 5.50. The Balaban J connectivity index is 1.60. The van der Waals surface area contributed by atoms with Crippen molar-refractivity contribution in [3.8, 4) is 5.75 Å². The van der Waals surface area contributed by atoms with Gasteiger partial charge in [-0.15, -0.1) is 0 Å². The van der Waals surface area contributed by atoms with Crippen LogP contribution in [-0.4, -0.2) is 28.7 Å². The number of rotatable bonds is 6. The number of non-ortho nitro benzene ring substituents is 1. The lowest BCUT2D eigenvalue weighted by Crippen LogP contribution is -2.25. The number of nitro benzene ring substituents is 1. The van der Waals surface area contributed by atoms with Crippen molar-refractivity contribution >= 4 is 34.3 Å². The number of nitrogens with one attached hydrogen (secondary N) is 2. The number of carbonyl (C=O) groups is 1. The van der Waals surface area contributed by atoms with Gasteiger partial charge in [0.1, 0.15) is 5.75 Å². The highest BCUT2D eigenvalue weighted by atomic mass is 16.6. The Morgan fingerprint density at radius 1 is 1.18 bits per heavy atom. The van der Waals surface area contributed by atoms with Crippen molar-refractivity contribution in [2.24, 2.45) is 5.10 Å². The van der Waals surface area contributed by atoms with Gasteiger partial charge in [-0.05, 0) is 35.4 Å². The van der Waals surface area contributed by atoms with Crippen LogP contribution in [0.3, 0.4) is 0 Å². The molecule has 0 radical (unpaired) electrons. The summed E-state index contributed by atoms with van der Waals surface area (Å²) >= 11 is 0. The van der Waals surface area contributed by atoms with Gasteiger partial charge >= 0.3 is 0 Å². The first-order valence-electron chi connectivity index (χ1n) is 8.46. The number of hydrogen-bond donors (Lipinski definition) is 3. The molecule has 0 aromatic heterocycles. The average molecular weight is 378 g/mol. The van der Waals surface area contributed by atoms with Gasteiger partial charge in [0, 0.05) is 23.4 Å². The second kappa shape index (κ2) is 8.17. The quantitative estimate of drug-likeness (QED) is 0.346. The van der Waals surface area contributed by atoms with Crippen LogP contribution >= 0.6 is 0 Å². The molecular formula is C20H18N4O4. The minimum atomic E-state index is -0.560. The lowest BCUT2D eigenvalue weighted by atomic mass is 10.1. The van der Waals surface area contributed by atoms with Crippen LogP contribution in [0, 0.1) is 17.0 Å². The number of hydrazone groups is 1. The number of aromatic hydroxyl groups is 1. The normalized spacial score (nSPS) is 10.9. The SMILES string of the molecule is Cc1cc([N+](=O)[O-])cc(C=NNC(=O)CNc2ccc3ccccc3c2)c1O. The highest BCUT2D eigenvalue weighted by Crippen LogP contribution is 2.26. The van der Waals surface area contributed by atoms with Gasteiger partial charge < -0.3 is 10.4 Å². The maximum absolute atomic E-state index is 11.9. The van der Waals surface area contributed by atoms with Gasteiger partial charge in [0.25, 0.3) is 11.6 Å². The molecule has 0 spiro atoms. The second-order valence-electron chi connectivity index (χ2n) is 6.17. The van der Waals surface area contributed by atoms with Crippen LogP contribution in [0.1, 0.15) is 11.1 Å². The molecule has 0 aliphatic rings. The van der Waals surface area contributed by atoms with Crippen LogP contribution in [0.2, 0.25) is 0 Å². The monoisotopic (exact) mass is 378 g/mol. The van der Waals surface area contributed by atoms with Crippen LogP contribution in [0.4, 0.5) is 11.4 Å². The van der Waals surface area contributed by atoms with E-state index in [4.69, 9.17) is 0 Å². The largest absolute Gasteiger partial charge is 0.507 e. The minimum absolute atomic E-state index is 0.00434. The average Bonchev–Trinajstić information content (AvgIpc) is 2.69. The fourth-order valence-electron chi connectivity index (χ4n) is 2.69. The van der Waals surface area contributed by atoms with Crippen molar-refractivity contribution in [2.45, 2.75) is 6.92 Å². The highest BCUT2D eigenvalue weighted by Gasteiger charge is 2.12. The summed E-state index contributed by atoms with van der Waals surface area (Å²) in [5, 5.41) is 29.8. The summed E-state index contributed by atoms with van der Waals surface area (Å²) in [6.45, 7) is 1.54. The zero-order valence-electron chi connectivity index (χ0n) is 15.0. The summed E-state index contributed by atoms with van der Waals surface area (Å²) in [6.07, 6.45) is 1.17. The molecule has 3 N–H and O–H groups in total. The van der Waals surface area contributed by atoms with Crippen LogP contribution in [0.5, 0.6) is 5.75 Å². The Hall–Kier alpha value is -3.94. The minimum Gasteiger partial charge on any atom is -0.507 e. The molecule has 3 aromatic carbocycles. The van der Waals surface area contributed by atoms with Crippen molar-refractivity contribution in [2.75, 3.05) is 11.9 Å². The van der Waals surface area contributed by atoms with E-state index in [1.165, 1.54) is 18.3 Å². The zero-order chi connectivity index (χ0) is 20.1. The van der Waals surface area contributed by atoms with Crippen molar-refractivity contribution in [3.63, 3.8) is 0 Å². The van der Waals surface area contributed by atoms with E-state index in [2.05, 4.69) is 15.8 Å². The standard InChI is InChI=1S/C20H18N4O4/c1-13-8-18(24(27)28)10-16(20(13)26)11-22-23-19(25)12-21-17-7-6-14-4-2-3-5-15(14)9-17/h2-11,21,26H,12H2,1H3,(H,23,25). The van der Waals surface area contributed by atoms with E-state index < -0.39 is 10.8 Å². The van der Waals surface area contributed by atoms with E-state index in [1.54, 1.807) is 6.92 Å². The molecule has 142 valence electrons. The fourth-order valence-corrected chi connectivity index (χ4v) is 2.69. The number of carbonyl (C=O) groups excluding carboxylic acids is 1. The van der Waals surface area contributed by atoms with Crippen molar-refractivity contribution in [1.82, 2.24) is 5.43 Å². The van der Waals surface area contributed by atoms with Gasteiger partial charge in [0.05, 0.1) is 17.7 Å². The number of phenols is 1. The summed E-state index contributed by atoms with van der Waals surface area (Å²) in [7, 11) is 0. The van der Waals surface area contributed by atoms with E-state index in [-0.39, 0.29) is 23.5 Å². The molecule has 0 aliphatic heterocycles. The van der Waals surface area contributed by atoms with Gasteiger partial charge in [-0.1, -0.05) is 30.3 Å². The van der Waals surface area contributed by atoms with Gasteiger partial charge in [-0.2, -0.15) is 5.10 Å². The van der Waals surface area contributed by atoms with Crippen LogP contribution < -0.4 is 10.7 Å².